The predicted octanol–water partition coefficient (Wildman–Crippen LogP) is 0.975. The van der Waals surface area contributed by atoms with Gasteiger partial charge in [-0.1, -0.05) is 6.07 Å². The molecule has 0 aromatic heterocycles. The number of carbonyl (C=O) groups is 2. The molecule has 1 heterocycles. The van der Waals surface area contributed by atoms with E-state index in [0.29, 0.717) is 24.5 Å². The van der Waals surface area contributed by atoms with Gasteiger partial charge >= 0.3 is 0 Å². The zero-order valence-electron chi connectivity index (χ0n) is 13.6. The molecule has 1 aliphatic rings. The highest BCUT2D eigenvalue weighted by atomic mass is 16.5. The second kappa shape index (κ2) is 8.05. The number of nitrogens with one attached hydrogen (secondary N) is 3. The molecule has 7 heteroatoms. The van der Waals surface area contributed by atoms with Crippen LogP contribution in [0.25, 0.3) is 0 Å². The lowest BCUT2D eigenvalue weighted by atomic mass is 10.1. The van der Waals surface area contributed by atoms with Gasteiger partial charge in [-0.25, -0.2) is 0 Å². The predicted molar refractivity (Wildman–Crippen MR) is 87.4 cm³/mol. The van der Waals surface area contributed by atoms with Crippen molar-refractivity contribution in [3.05, 3.63) is 24.3 Å². The minimum absolute atomic E-state index is 0.161. The maximum absolute atomic E-state index is 12.3. The fraction of sp³-hybridized carbons (Fsp3) is 0.500. The van der Waals surface area contributed by atoms with Gasteiger partial charge in [-0.05, 0) is 32.0 Å². The largest absolute Gasteiger partial charge is 0.375 e. The molecule has 1 aromatic carbocycles. The van der Waals surface area contributed by atoms with Crippen LogP contribution >= 0.6 is 0 Å². The Morgan fingerprint density at radius 1 is 1.35 bits per heavy atom. The zero-order chi connectivity index (χ0) is 16.8. The molecule has 0 saturated carbocycles. The van der Waals surface area contributed by atoms with Crippen molar-refractivity contribution in [3.63, 3.8) is 0 Å². The minimum Gasteiger partial charge on any atom is -0.375 e. The van der Waals surface area contributed by atoms with Crippen LogP contribution in [0.3, 0.4) is 0 Å². The lowest BCUT2D eigenvalue weighted by Crippen LogP contribution is -2.53. The number of hydrogen-bond donors (Lipinski definition) is 3. The van der Waals surface area contributed by atoms with Crippen molar-refractivity contribution in [2.24, 2.45) is 0 Å². The lowest BCUT2D eigenvalue weighted by molar-refractivity contribution is -0.125. The Morgan fingerprint density at radius 2 is 2.04 bits per heavy atom. The van der Waals surface area contributed by atoms with Crippen molar-refractivity contribution in [3.8, 4) is 0 Å². The monoisotopic (exact) mass is 321 g/mol. The summed E-state index contributed by atoms with van der Waals surface area (Å²) >= 11 is 0. The number of ether oxygens (including phenoxy) is 2. The van der Waals surface area contributed by atoms with Gasteiger partial charge in [0.1, 0.15) is 12.1 Å². The van der Waals surface area contributed by atoms with Crippen LogP contribution in [0.5, 0.6) is 0 Å². The van der Waals surface area contributed by atoms with Gasteiger partial charge in [-0.3, -0.25) is 9.59 Å². The Kier molecular flexibility index (Phi) is 6.09. The van der Waals surface area contributed by atoms with Crippen molar-refractivity contribution in [2.45, 2.75) is 32.1 Å². The van der Waals surface area contributed by atoms with Gasteiger partial charge in [-0.2, -0.15) is 0 Å². The molecule has 0 aliphatic carbocycles. The standard InChI is InChI=1S/C16H23N3O4/c1-10-14(17-7-8-23-10)16(21)19-13-6-4-5-12(9-13)18-15(20)11(2)22-3/h4-6,9-11,14,17H,7-8H2,1-3H3,(H,18,20)(H,19,21)/t10-,11?,14+/m1/s1. The molecular formula is C16H23N3O4. The van der Waals surface area contributed by atoms with E-state index in [1.807, 2.05) is 6.92 Å². The molecule has 126 valence electrons. The summed E-state index contributed by atoms with van der Waals surface area (Å²) in [5.74, 6) is -0.405. The van der Waals surface area contributed by atoms with Gasteiger partial charge in [0.15, 0.2) is 0 Å². The van der Waals surface area contributed by atoms with Gasteiger partial charge in [0.05, 0.1) is 12.7 Å². The van der Waals surface area contributed by atoms with Crippen LogP contribution in [-0.2, 0) is 19.1 Å². The van der Waals surface area contributed by atoms with Crippen LogP contribution in [0.2, 0.25) is 0 Å². The molecule has 0 radical (unpaired) electrons. The van der Waals surface area contributed by atoms with Gasteiger partial charge in [0, 0.05) is 25.0 Å². The van der Waals surface area contributed by atoms with Gasteiger partial charge in [-0.15, -0.1) is 0 Å². The Bertz CT molecular complexity index is 564. The molecule has 3 atom stereocenters. The number of amides is 2. The van der Waals surface area contributed by atoms with Gasteiger partial charge in [0.25, 0.3) is 5.91 Å². The number of methoxy groups -OCH3 is 1. The SMILES string of the molecule is COC(C)C(=O)Nc1cccc(NC(=O)[C@H]2NCCO[C@@H]2C)c1. The summed E-state index contributed by atoms with van der Waals surface area (Å²) in [6, 6.07) is 6.58. The highest BCUT2D eigenvalue weighted by Gasteiger charge is 2.28. The van der Waals surface area contributed by atoms with E-state index < -0.39 is 12.1 Å². The third-order valence-corrected chi connectivity index (χ3v) is 3.72. The van der Waals surface area contributed by atoms with E-state index in [0.717, 1.165) is 0 Å². The first-order chi connectivity index (χ1) is 11.0. The van der Waals surface area contributed by atoms with Crippen molar-refractivity contribution in [1.29, 1.82) is 0 Å². The molecule has 2 rings (SSSR count). The maximum Gasteiger partial charge on any atom is 0.253 e. The summed E-state index contributed by atoms with van der Waals surface area (Å²) in [6.45, 7) is 4.77. The van der Waals surface area contributed by atoms with Gasteiger partial charge < -0.3 is 25.4 Å². The molecule has 1 aliphatic heterocycles. The fourth-order valence-corrected chi connectivity index (χ4v) is 2.27. The number of hydrogen-bond acceptors (Lipinski definition) is 5. The highest BCUT2D eigenvalue weighted by molar-refractivity contribution is 5.97. The van der Waals surface area contributed by atoms with E-state index in [2.05, 4.69) is 16.0 Å². The van der Waals surface area contributed by atoms with E-state index in [4.69, 9.17) is 9.47 Å². The van der Waals surface area contributed by atoms with Crippen LogP contribution in [0.4, 0.5) is 11.4 Å². The smallest absolute Gasteiger partial charge is 0.253 e. The van der Waals surface area contributed by atoms with Crippen LogP contribution in [0, 0.1) is 0 Å². The second-order valence-corrected chi connectivity index (χ2v) is 5.44. The highest BCUT2D eigenvalue weighted by Crippen LogP contribution is 2.16. The van der Waals surface area contributed by atoms with E-state index >= 15 is 0 Å². The molecule has 1 saturated heterocycles. The molecule has 0 spiro atoms. The van der Waals surface area contributed by atoms with Crippen molar-refractivity contribution in [1.82, 2.24) is 5.32 Å². The van der Waals surface area contributed by atoms with Crippen molar-refractivity contribution < 1.29 is 19.1 Å². The van der Waals surface area contributed by atoms with Gasteiger partial charge in [0.2, 0.25) is 5.91 Å². The Labute approximate surface area is 135 Å². The number of anilines is 2. The molecule has 0 bridgehead atoms. The first kappa shape index (κ1) is 17.4. The van der Waals surface area contributed by atoms with Crippen molar-refractivity contribution >= 4 is 23.2 Å². The minimum atomic E-state index is -0.544. The first-order valence-corrected chi connectivity index (χ1v) is 7.61. The van der Waals surface area contributed by atoms with Crippen LogP contribution in [0.15, 0.2) is 24.3 Å². The molecule has 2 amide bonds. The van der Waals surface area contributed by atoms with Crippen LogP contribution in [-0.4, -0.2) is 50.3 Å². The molecular weight excluding hydrogens is 298 g/mol. The summed E-state index contributed by atoms with van der Waals surface area (Å²) < 4.78 is 10.4. The molecule has 23 heavy (non-hydrogen) atoms. The van der Waals surface area contributed by atoms with Crippen LogP contribution in [0.1, 0.15) is 13.8 Å². The summed E-state index contributed by atoms with van der Waals surface area (Å²) in [5, 5.41) is 8.71. The first-order valence-electron chi connectivity index (χ1n) is 7.61. The molecule has 1 unspecified atom stereocenters. The quantitative estimate of drug-likeness (QED) is 0.752. The molecule has 1 fully saturated rings. The molecule has 7 nitrogen and oxygen atoms in total. The molecule has 3 N–H and O–H groups in total. The topological polar surface area (TPSA) is 88.7 Å². The summed E-state index contributed by atoms with van der Waals surface area (Å²) in [4.78, 5) is 24.1. The Morgan fingerprint density at radius 3 is 2.70 bits per heavy atom. The zero-order valence-corrected chi connectivity index (χ0v) is 13.6. The molecule has 1 aromatic rings. The van der Waals surface area contributed by atoms with Crippen molar-refractivity contribution in [2.75, 3.05) is 30.9 Å². The Hall–Kier alpha value is -1.96. The summed E-state index contributed by atoms with van der Waals surface area (Å²) in [7, 11) is 1.47. The number of benzene rings is 1. The second-order valence-electron chi connectivity index (χ2n) is 5.44. The average Bonchev–Trinajstić information content (AvgIpc) is 2.54. The average molecular weight is 321 g/mol. The van der Waals surface area contributed by atoms with Crippen LogP contribution < -0.4 is 16.0 Å². The van der Waals surface area contributed by atoms with E-state index in [1.54, 1.807) is 31.2 Å². The third-order valence-electron chi connectivity index (χ3n) is 3.72. The summed E-state index contributed by atoms with van der Waals surface area (Å²) in [5.41, 5.74) is 1.20. The number of morpholine rings is 1. The summed E-state index contributed by atoms with van der Waals surface area (Å²) in [6.07, 6.45) is -0.730. The third kappa shape index (κ3) is 4.75. The van der Waals surface area contributed by atoms with E-state index in [1.165, 1.54) is 7.11 Å². The van der Waals surface area contributed by atoms with E-state index in [9.17, 15) is 9.59 Å². The number of rotatable bonds is 5. The fourth-order valence-electron chi connectivity index (χ4n) is 2.27. The maximum atomic E-state index is 12.3. The van der Waals surface area contributed by atoms with E-state index in [-0.39, 0.29) is 17.9 Å². The Balaban J connectivity index is 1.99. The lowest BCUT2D eigenvalue weighted by Gasteiger charge is -2.29. The normalized spacial score (nSPS) is 22.2. The number of carbonyl (C=O) groups excluding carboxylic acids is 2.